The maximum absolute atomic E-state index is 5.66. The quantitative estimate of drug-likeness (QED) is 0.357. The lowest BCUT2D eigenvalue weighted by atomic mass is 9.97. The minimum Gasteiger partial charge on any atom is -0.468 e. The third kappa shape index (κ3) is 5.94. The standard InChI is InChI=1S/C19H30N6O2.HI/c1-19(2,3)17-23-16(24-27-17)13-22-18(20-4)21-12-14(15-8-7-11-26-15)25-9-5-6-10-25;/h7-8,11,14H,5-6,9-10,12-13H2,1-4H3,(H2,20,21,22);1H. The van der Waals surface area contributed by atoms with Crippen molar-refractivity contribution in [1.82, 2.24) is 25.7 Å². The first-order valence-electron chi connectivity index (χ1n) is 9.52. The molecule has 1 fully saturated rings. The van der Waals surface area contributed by atoms with Crippen molar-refractivity contribution in [3.63, 3.8) is 0 Å². The van der Waals surface area contributed by atoms with Crippen LogP contribution >= 0.6 is 24.0 Å². The van der Waals surface area contributed by atoms with Crippen molar-refractivity contribution in [2.24, 2.45) is 4.99 Å². The van der Waals surface area contributed by atoms with Crippen LogP contribution in [-0.2, 0) is 12.0 Å². The van der Waals surface area contributed by atoms with Crippen molar-refractivity contribution in [1.29, 1.82) is 0 Å². The summed E-state index contributed by atoms with van der Waals surface area (Å²) in [6.45, 7) is 9.50. The van der Waals surface area contributed by atoms with E-state index in [1.165, 1.54) is 12.8 Å². The largest absolute Gasteiger partial charge is 0.468 e. The zero-order valence-electron chi connectivity index (χ0n) is 17.1. The normalized spacial score (nSPS) is 16.6. The topological polar surface area (TPSA) is 91.7 Å². The Balaban J connectivity index is 0.00000280. The lowest BCUT2D eigenvalue weighted by Gasteiger charge is -2.26. The van der Waals surface area contributed by atoms with Gasteiger partial charge in [-0.2, -0.15) is 4.98 Å². The zero-order chi connectivity index (χ0) is 19.3. The third-order valence-electron chi connectivity index (χ3n) is 4.66. The first-order valence-corrected chi connectivity index (χ1v) is 9.52. The number of furan rings is 1. The second-order valence-electron chi connectivity index (χ2n) is 7.85. The van der Waals surface area contributed by atoms with E-state index in [4.69, 9.17) is 8.94 Å². The van der Waals surface area contributed by atoms with E-state index in [2.05, 4.69) is 30.7 Å². The SMILES string of the molecule is CN=C(NCc1noc(C(C)(C)C)n1)NCC(c1ccco1)N1CCCC1.I. The monoisotopic (exact) mass is 502 g/mol. The number of guanidine groups is 1. The average Bonchev–Trinajstić information content (AvgIpc) is 3.40. The second-order valence-corrected chi connectivity index (χ2v) is 7.85. The average molecular weight is 502 g/mol. The van der Waals surface area contributed by atoms with Crippen LogP contribution in [0.25, 0.3) is 0 Å². The minimum absolute atomic E-state index is 0. The van der Waals surface area contributed by atoms with Gasteiger partial charge in [-0.3, -0.25) is 9.89 Å². The Bertz CT molecular complexity index is 732. The number of halogens is 1. The maximum atomic E-state index is 5.66. The smallest absolute Gasteiger partial charge is 0.232 e. The molecule has 1 aliphatic heterocycles. The number of aromatic nitrogens is 2. The minimum atomic E-state index is -0.156. The fourth-order valence-electron chi connectivity index (χ4n) is 3.15. The molecule has 8 nitrogen and oxygen atoms in total. The van der Waals surface area contributed by atoms with Crippen molar-refractivity contribution >= 4 is 29.9 Å². The molecular formula is C19H31IN6O2. The Morgan fingerprint density at radius 1 is 1.29 bits per heavy atom. The van der Waals surface area contributed by atoms with Gasteiger partial charge in [0, 0.05) is 19.0 Å². The third-order valence-corrected chi connectivity index (χ3v) is 4.66. The Morgan fingerprint density at radius 2 is 2.04 bits per heavy atom. The van der Waals surface area contributed by atoms with Gasteiger partial charge >= 0.3 is 0 Å². The summed E-state index contributed by atoms with van der Waals surface area (Å²) in [5.41, 5.74) is -0.156. The summed E-state index contributed by atoms with van der Waals surface area (Å²) in [4.78, 5) is 11.2. The first-order chi connectivity index (χ1) is 13.0. The van der Waals surface area contributed by atoms with E-state index < -0.39 is 0 Å². The highest BCUT2D eigenvalue weighted by molar-refractivity contribution is 14.0. The number of rotatable bonds is 6. The van der Waals surface area contributed by atoms with Crippen LogP contribution in [-0.4, -0.2) is 47.7 Å². The lowest BCUT2D eigenvalue weighted by molar-refractivity contribution is 0.215. The molecule has 3 rings (SSSR count). The Morgan fingerprint density at radius 3 is 2.61 bits per heavy atom. The molecule has 0 radical (unpaired) electrons. The highest BCUT2D eigenvalue weighted by Gasteiger charge is 2.26. The van der Waals surface area contributed by atoms with Crippen molar-refractivity contribution in [3.8, 4) is 0 Å². The summed E-state index contributed by atoms with van der Waals surface area (Å²) in [6.07, 6.45) is 4.20. The maximum Gasteiger partial charge on any atom is 0.232 e. The van der Waals surface area contributed by atoms with Gasteiger partial charge in [0.1, 0.15) is 5.76 Å². The predicted octanol–water partition coefficient (Wildman–Crippen LogP) is 3.08. The van der Waals surface area contributed by atoms with E-state index >= 15 is 0 Å². The summed E-state index contributed by atoms with van der Waals surface area (Å²) < 4.78 is 11.0. The summed E-state index contributed by atoms with van der Waals surface area (Å²) in [7, 11) is 1.75. The van der Waals surface area contributed by atoms with Gasteiger partial charge in [0.2, 0.25) is 5.89 Å². The van der Waals surface area contributed by atoms with Gasteiger partial charge in [-0.05, 0) is 38.1 Å². The van der Waals surface area contributed by atoms with Crippen LogP contribution in [0.4, 0.5) is 0 Å². The highest BCUT2D eigenvalue weighted by atomic mass is 127. The van der Waals surface area contributed by atoms with Gasteiger partial charge in [0.15, 0.2) is 11.8 Å². The number of nitrogens with one attached hydrogen (secondary N) is 2. The Labute approximate surface area is 183 Å². The molecule has 1 atom stereocenters. The molecule has 0 bridgehead atoms. The summed E-state index contributed by atoms with van der Waals surface area (Å²) >= 11 is 0. The molecule has 3 heterocycles. The second kappa shape index (κ2) is 10.2. The van der Waals surface area contributed by atoms with Crippen LogP contribution < -0.4 is 10.6 Å². The molecule has 1 unspecified atom stereocenters. The molecule has 0 saturated carbocycles. The van der Waals surface area contributed by atoms with Crippen LogP contribution in [0.5, 0.6) is 0 Å². The van der Waals surface area contributed by atoms with E-state index in [1.807, 2.05) is 32.9 Å². The molecule has 0 aromatic carbocycles. The Hall–Kier alpha value is -1.62. The summed E-state index contributed by atoms with van der Waals surface area (Å²) in [5.74, 6) is 2.93. The molecule has 156 valence electrons. The van der Waals surface area contributed by atoms with Crippen molar-refractivity contribution < 1.29 is 8.94 Å². The zero-order valence-corrected chi connectivity index (χ0v) is 19.4. The van der Waals surface area contributed by atoms with Gasteiger partial charge in [-0.15, -0.1) is 24.0 Å². The van der Waals surface area contributed by atoms with Crippen LogP contribution in [0.3, 0.4) is 0 Å². The van der Waals surface area contributed by atoms with Gasteiger partial charge in [-0.1, -0.05) is 25.9 Å². The number of aliphatic imine (C=N–C) groups is 1. The number of hydrogen-bond acceptors (Lipinski definition) is 6. The van der Waals surface area contributed by atoms with E-state index in [9.17, 15) is 0 Å². The van der Waals surface area contributed by atoms with E-state index in [0.29, 0.717) is 30.8 Å². The molecule has 0 spiro atoms. The van der Waals surface area contributed by atoms with Gasteiger partial charge in [-0.25, -0.2) is 0 Å². The molecule has 0 amide bonds. The molecule has 0 aliphatic carbocycles. The van der Waals surface area contributed by atoms with Crippen molar-refractivity contribution in [2.45, 2.75) is 51.6 Å². The summed E-state index contributed by atoms with van der Waals surface area (Å²) in [5, 5.41) is 10.7. The van der Waals surface area contributed by atoms with E-state index in [-0.39, 0.29) is 35.4 Å². The van der Waals surface area contributed by atoms with Crippen LogP contribution in [0.15, 0.2) is 32.3 Å². The van der Waals surface area contributed by atoms with Crippen molar-refractivity contribution in [2.75, 3.05) is 26.7 Å². The fraction of sp³-hybridized carbons (Fsp3) is 0.632. The van der Waals surface area contributed by atoms with E-state index in [1.54, 1.807) is 13.3 Å². The van der Waals surface area contributed by atoms with E-state index in [0.717, 1.165) is 18.8 Å². The van der Waals surface area contributed by atoms with Crippen LogP contribution in [0, 0.1) is 0 Å². The molecule has 2 aromatic heterocycles. The molecule has 2 N–H and O–H groups in total. The molecule has 28 heavy (non-hydrogen) atoms. The van der Waals surface area contributed by atoms with Gasteiger partial charge in [0.05, 0.1) is 18.8 Å². The number of hydrogen-bond donors (Lipinski definition) is 2. The molecule has 1 saturated heterocycles. The fourth-order valence-corrected chi connectivity index (χ4v) is 3.15. The first kappa shape index (κ1) is 22.7. The summed E-state index contributed by atoms with van der Waals surface area (Å²) in [6, 6.07) is 4.17. The van der Waals surface area contributed by atoms with Crippen molar-refractivity contribution in [3.05, 3.63) is 35.9 Å². The molecule has 9 heteroatoms. The van der Waals surface area contributed by atoms with Gasteiger partial charge < -0.3 is 19.6 Å². The molecule has 1 aliphatic rings. The highest BCUT2D eigenvalue weighted by Crippen LogP contribution is 2.24. The Kier molecular flexibility index (Phi) is 8.29. The number of likely N-dealkylation sites (tertiary alicyclic amines) is 1. The molecular weight excluding hydrogens is 471 g/mol. The van der Waals surface area contributed by atoms with Gasteiger partial charge in [0.25, 0.3) is 0 Å². The van der Waals surface area contributed by atoms with Crippen LogP contribution in [0.1, 0.15) is 57.1 Å². The van der Waals surface area contributed by atoms with Crippen LogP contribution in [0.2, 0.25) is 0 Å². The number of nitrogens with zero attached hydrogens (tertiary/aromatic N) is 4. The molecule has 2 aromatic rings. The lowest BCUT2D eigenvalue weighted by Crippen LogP contribution is -2.42. The predicted molar refractivity (Wildman–Crippen MR) is 119 cm³/mol.